The molecule has 1 aliphatic heterocycles. The minimum Gasteiger partial charge on any atom is -0.357 e. The van der Waals surface area contributed by atoms with Crippen molar-refractivity contribution in [2.24, 2.45) is 5.92 Å². The number of carbonyl (C=O) groups excluding carboxylic acids is 2. The highest BCUT2D eigenvalue weighted by Crippen LogP contribution is 2.26. The Labute approximate surface area is 135 Å². The van der Waals surface area contributed by atoms with Crippen LogP contribution in [0.4, 0.5) is 0 Å². The van der Waals surface area contributed by atoms with Gasteiger partial charge in [0.15, 0.2) is 0 Å². The Morgan fingerprint density at radius 1 is 1.39 bits per heavy atom. The summed E-state index contributed by atoms with van der Waals surface area (Å²) < 4.78 is 0. The maximum atomic E-state index is 12.5. The number of benzene rings is 1. The lowest BCUT2D eigenvalue weighted by Gasteiger charge is -2.25. The Hall–Kier alpha value is -2.14. The van der Waals surface area contributed by atoms with E-state index in [1.54, 1.807) is 0 Å². The van der Waals surface area contributed by atoms with E-state index in [0.29, 0.717) is 25.3 Å². The highest BCUT2D eigenvalue weighted by Gasteiger charge is 2.28. The lowest BCUT2D eigenvalue weighted by Crippen LogP contribution is -2.51. The van der Waals surface area contributed by atoms with E-state index in [1.807, 2.05) is 38.3 Å². The van der Waals surface area contributed by atoms with Gasteiger partial charge in [0.1, 0.15) is 0 Å². The van der Waals surface area contributed by atoms with Crippen molar-refractivity contribution in [2.75, 3.05) is 0 Å². The van der Waals surface area contributed by atoms with E-state index in [-0.39, 0.29) is 11.9 Å². The first-order valence-corrected chi connectivity index (χ1v) is 8.08. The van der Waals surface area contributed by atoms with Gasteiger partial charge in [0.2, 0.25) is 12.2 Å². The molecule has 5 heteroatoms. The van der Waals surface area contributed by atoms with Crippen LogP contribution in [0.3, 0.4) is 0 Å². The Kier molecular flexibility index (Phi) is 4.48. The molecule has 1 amide bonds. The third-order valence-electron chi connectivity index (χ3n) is 4.32. The summed E-state index contributed by atoms with van der Waals surface area (Å²) in [7, 11) is 0. The van der Waals surface area contributed by atoms with Gasteiger partial charge >= 0.3 is 0 Å². The second-order valence-corrected chi connectivity index (χ2v) is 6.57. The Morgan fingerprint density at radius 3 is 2.91 bits per heavy atom. The number of aromatic amines is 1. The summed E-state index contributed by atoms with van der Waals surface area (Å²) in [6, 6.07) is 7.28. The molecule has 2 aromatic rings. The minimum absolute atomic E-state index is 0.130. The number of rotatable bonds is 5. The van der Waals surface area contributed by atoms with Crippen LogP contribution in [0.2, 0.25) is 0 Å². The summed E-state index contributed by atoms with van der Waals surface area (Å²) in [6.45, 7) is 4.67. The quantitative estimate of drug-likeness (QED) is 0.788. The Morgan fingerprint density at radius 2 is 2.17 bits per heavy atom. The molecule has 1 aliphatic rings. The first kappa shape index (κ1) is 15.7. The molecule has 1 radical (unpaired) electrons. The molecule has 121 valence electrons. The van der Waals surface area contributed by atoms with Crippen LogP contribution < -0.4 is 10.6 Å². The van der Waals surface area contributed by atoms with Crippen LogP contribution in [-0.2, 0) is 22.6 Å². The number of nitrogens with one attached hydrogen (secondary N) is 3. The molecule has 0 fully saturated rings. The summed E-state index contributed by atoms with van der Waals surface area (Å²) in [4.78, 5) is 26.9. The minimum atomic E-state index is -0.534. The predicted molar refractivity (Wildman–Crippen MR) is 89.7 cm³/mol. The average Bonchev–Trinajstić information content (AvgIpc) is 2.91. The zero-order chi connectivity index (χ0) is 16.4. The van der Waals surface area contributed by atoms with Gasteiger partial charge in [-0.15, -0.1) is 0 Å². The monoisotopic (exact) mass is 312 g/mol. The van der Waals surface area contributed by atoms with E-state index >= 15 is 0 Å². The van der Waals surface area contributed by atoms with Gasteiger partial charge in [-0.1, -0.05) is 32.0 Å². The van der Waals surface area contributed by atoms with Gasteiger partial charge in [0, 0.05) is 23.1 Å². The number of H-pyrrole nitrogens is 1. The van der Waals surface area contributed by atoms with Crippen LogP contribution in [0.1, 0.15) is 31.5 Å². The van der Waals surface area contributed by atoms with Gasteiger partial charge in [0.05, 0.1) is 12.1 Å². The maximum absolute atomic E-state index is 12.5. The third kappa shape index (κ3) is 3.29. The van der Waals surface area contributed by atoms with E-state index in [2.05, 4.69) is 21.7 Å². The number of fused-ring (bicyclic) bond motifs is 3. The Balaban J connectivity index is 1.73. The molecule has 3 rings (SSSR count). The summed E-state index contributed by atoms with van der Waals surface area (Å²) in [5.74, 6) is 0.205. The summed E-state index contributed by atoms with van der Waals surface area (Å²) >= 11 is 0. The molecule has 5 nitrogen and oxygen atoms in total. The molecule has 1 aromatic heterocycles. The maximum Gasteiger partial charge on any atom is 0.238 e. The molecule has 0 saturated carbocycles. The van der Waals surface area contributed by atoms with Crippen molar-refractivity contribution < 1.29 is 9.59 Å². The first-order valence-electron chi connectivity index (χ1n) is 8.08. The highest BCUT2D eigenvalue weighted by molar-refractivity contribution is 5.89. The lowest BCUT2D eigenvalue weighted by molar-refractivity contribution is -0.123. The van der Waals surface area contributed by atoms with Crippen molar-refractivity contribution in [2.45, 2.75) is 45.3 Å². The molecule has 0 saturated heterocycles. The third-order valence-corrected chi connectivity index (χ3v) is 4.32. The van der Waals surface area contributed by atoms with Gasteiger partial charge in [-0.3, -0.25) is 14.9 Å². The van der Waals surface area contributed by atoms with Crippen molar-refractivity contribution in [1.29, 1.82) is 0 Å². The fourth-order valence-corrected chi connectivity index (χ4v) is 3.21. The van der Waals surface area contributed by atoms with Crippen molar-refractivity contribution in [1.82, 2.24) is 15.6 Å². The predicted octanol–water partition coefficient (Wildman–Crippen LogP) is 1.82. The van der Waals surface area contributed by atoms with Crippen LogP contribution >= 0.6 is 0 Å². The van der Waals surface area contributed by atoms with Gasteiger partial charge < -0.3 is 10.3 Å². The molecule has 0 bridgehead atoms. The number of hydrogen-bond donors (Lipinski definition) is 3. The second-order valence-electron chi connectivity index (χ2n) is 6.57. The van der Waals surface area contributed by atoms with E-state index < -0.39 is 6.04 Å². The highest BCUT2D eigenvalue weighted by atomic mass is 16.2. The zero-order valence-corrected chi connectivity index (χ0v) is 13.5. The van der Waals surface area contributed by atoms with Crippen LogP contribution in [0.25, 0.3) is 10.9 Å². The molecule has 23 heavy (non-hydrogen) atoms. The second kappa shape index (κ2) is 6.54. The SMILES string of the molecule is CC(C)C[C@@H]([C]=O)NC(=O)[C@@H]1Cc2c([nH]c3ccccc23)CN1. The molecular weight excluding hydrogens is 290 g/mol. The molecule has 3 N–H and O–H groups in total. The Bertz CT molecular complexity index is 720. The van der Waals surface area contributed by atoms with Crippen LogP contribution in [0, 0.1) is 5.92 Å². The summed E-state index contributed by atoms with van der Waals surface area (Å²) in [5, 5.41) is 7.22. The molecule has 2 heterocycles. The molecular formula is C18H22N3O2. The molecule has 0 unspecified atom stereocenters. The fourth-order valence-electron chi connectivity index (χ4n) is 3.21. The van der Waals surface area contributed by atoms with Crippen molar-refractivity contribution in [3.05, 3.63) is 35.5 Å². The number of amides is 1. The van der Waals surface area contributed by atoms with E-state index in [1.165, 1.54) is 10.9 Å². The average molecular weight is 312 g/mol. The summed E-state index contributed by atoms with van der Waals surface area (Å²) in [6.07, 6.45) is 3.17. The smallest absolute Gasteiger partial charge is 0.238 e. The van der Waals surface area contributed by atoms with E-state index in [9.17, 15) is 9.59 Å². The topological polar surface area (TPSA) is 74.0 Å². The first-order chi connectivity index (χ1) is 11.1. The van der Waals surface area contributed by atoms with Crippen LogP contribution in [0.5, 0.6) is 0 Å². The van der Waals surface area contributed by atoms with E-state index in [4.69, 9.17) is 0 Å². The summed E-state index contributed by atoms with van der Waals surface area (Å²) in [5.41, 5.74) is 3.42. The standard InChI is InChI=1S/C18H22N3O2/c1-11(2)7-12(10-22)20-18(23)16-8-14-13-5-3-4-6-15(13)21-17(14)9-19-16/h3-6,11-12,16,19,21H,7-9H2,1-2H3,(H,20,23)/t12-,16-/m0/s1. The van der Waals surface area contributed by atoms with E-state index in [0.717, 1.165) is 11.2 Å². The van der Waals surface area contributed by atoms with Crippen LogP contribution in [0.15, 0.2) is 24.3 Å². The van der Waals surface area contributed by atoms with Crippen molar-refractivity contribution in [3.63, 3.8) is 0 Å². The largest absolute Gasteiger partial charge is 0.357 e. The van der Waals surface area contributed by atoms with Gasteiger partial charge in [-0.05, 0) is 30.4 Å². The zero-order valence-electron chi connectivity index (χ0n) is 13.5. The number of aromatic nitrogens is 1. The van der Waals surface area contributed by atoms with Crippen molar-refractivity contribution >= 4 is 23.1 Å². The van der Waals surface area contributed by atoms with Crippen molar-refractivity contribution in [3.8, 4) is 0 Å². The van der Waals surface area contributed by atoms with Gasteiger partial charge in [-0.25, -0.2) is 0 Å². The van der Waals surface area contributed by atoms with Gasteiger partial charge in [0.25, 0.3) is 0 Å². The fraction of sp³-hybridized carbons (Fsp3) is 0.444. The number of hydrogen-bond acceptors (Lipinski definition) is 3. The number of carbonyl (C=O) groups is 1. The normalized spacial score (nSPS) is 18.7. The number of para-hydroxylation sites is 1. The molecule has 1 aromatic carbocycles. The molecule has 2 atom stereocenters. The van der Waals surface area contributed by atoms with Gasteiger partial charge in [-0.2, -0.15) is 0 Å². The lowest BCUT2D eigenvalue weighted by atomic mass is 9.97. The molecule has 0 spiro atoms. The molecule has 0 aliphatic carbocycles. The van der Waals surface area contributed by atoms with Crippen LogP contribution in [-0.4, -0.2) is 29.3 Å².